The maximum absolute atomic E-state index is 12.1. The molecule has 0 aliphatic carbocycles. The molecule has 0 radical (unpaired) electrons. The van der Waals surface area contributed by atoms with Gasteiger partial charge in [0.05, 0.1) is 10.8 Å². The second-order valence-corrected chi connectivity index (χ2v) is 8.44. The van der Waals surface area contributed by atoms with Crippen LogP contribution in [0.1, 0.15) is 17.8 Å². The number of aromatic nitrogens is 5. The van der Waals surface area contributed by atoms with E-state index in [2.05, 4.69) is 25.7 Å². The van der Waals surface area contributed by atoms with E-state index in [1.165, 1.54) is 23.1 Å². The van der Waals surface area contributed by atoms with Crippen LogP contribution >= 0.6 is 46.3 Å². The molecule has 8 nitrogen and oxygen atoms in total. The van der Waals surface area contributed by atoms with E-state index in [1.807, 2.05) is 18.4 Å². The number of rotatable bonds is 8. The zero-order chi connectivity index (χ0) is 20.1. The summed E-state index contributed by atoms with van der Waals surface area (Å²) in [5.74, 6) is 1.15. The van der Waals surface area contributed by atoms with Crippen LogP contribution in [-0.4, -0.2) is 36.6 Å². The van der Waals surface area contributed by atoms with Gasteiger partial charge in [0.25, 0.3) is 0 Å². The van der Waals surface area contributed by atoms with E-state index in [0.717, 1.165) is 5.01 Å². The number of thioether (sulfide) groups is 1. The van der Waals surface area contributed by atoms with E-state index < -0.39 is 0 Å². The van der Waals surface area contributed by atoms with Crippen molar-refractivity contribution < 1.29 is 9.53 Å². The molecule has 28 heavy (non-hydrogen) atoms. The van der Waals surface area contributed by atoms with E-state index in [4.69, 9.17) is 27.9 Å². The van der Waals surface area contributed by atoms with Gasteiger partial charge in [0.1, 0.15) is 17.4 Å². The highest BCUT2D eigenvalue weighted by molar-refractivity contribution is 7.99. The third-order valence-corrected chi connectivity index (χ3v) is 5.72. The Balaban J connectivity index is 1.59. The highest BCUT2D eigenvalue weighted by Crippen LogP contribution is 2.28. The SMILES string of the molecule is CCn1c(COc2ccc(Cl)cc2Cl)nnc1SCC(=O)Nc1nnc(C)s1. The number of amides is 1. The summed E-state index contributed by atoms with van der Waals surface area (Å²) in [6.07, 6.45) is 0. The largest absolute Gasteiger partial charge is 0.484 e. The summed E-state index contributed by atoms with van der Waals surface area (Å²) >= 11 is 14.6. The summed E-state index contributed by atoms with van der Waals surface area (Å²) in [5.41, 5.74) is 0. The van der Waals surface area contributed by atoms with Gasteiger partial charge in [-0.15, -0.1) is 20.4 Å². The lowest BCUT2D eigenvalue weighted by atomic mass is 10.3. The van der Waals surface area contributed by atoms with Gasteiger partial charge < -0.3 is 9.30 Å². The number of ether oxygens (including phenoxy) is 1. The van der Waals surface area contributed by atoms with Crippen molar-refractivity contribution in [1.82, 2.24) is 25.0 Å². The van der Waals surface area contributed by atoms with Crippen LogP contribution in [0, 0.1) is 6.92 Å². The fraction of sp³-hybridized carbons (Fsp3) is 0.312. The minimum absolute atomic E-state index is 0.181. The first kappa shape index (κ1) is 20.8. The number of carbonyl (C=O) groups excluding carboxylic acids is 1. The van der Waals surface area contributed by atoms with Gasteiger partial charge in [-0.2, -0.15) is 0 Å². The molecule has 2 heterocycles. The smallest absolute Gasteiger partial charge is 0.236 e. The van der Waals surface area contributed by atoms with E-state index in [-0.39, 0.29) is 18.3 Å². The molecule has 0 saturated heterocycles. The fourth-order valence-corrected chi connectivity index (χ4v) is 4.11. The molecule has 2 aromatic heterocycles. The first-order valence-electron chi connectivity index (χ1n) is 8.19. The molecule has 0 aliphatic rings. The van der Waals surface area contributed by atoms with Crippen molar-refractivity contribution in [2.45, 2.75) is 32.2 Å². The van der Waals surface area contributed by atoms with Crippen LogP contribution in [0.3, 0.4) is 0 Å². The fourth-order valence-electron chi connectivity index (χ4n) is 2.22. The maximum Gasteiger partial charge on any atom is 0.236 e. The van der Waals surface area contributed by atoms with Gasteiger partial charge in [-0.25, -0.2) is 0 Å². The van der Waals surface area contributed by atoms with E-state index >= 15 is 0 Å². The number of benzene rings is 1. The van der Waals surface area contributed by atoms with Crippen molar-refractivity contribution in [2.75, 3.05) is 11.1 Å². The standard InChI is InChI=1S/C16H16Cl2N6O2S2/c1-3-24-13(7-26-12-5-4-10(17)6-11(12)18)21-23-16(24)27-8-14(25)19-15-22-20-9(2)28-15/h4-6H,3,7-8H2,1-2H3,(H,19,22,25). The molecule has 0 fully saturated rings. The number of nitrogens with zero attached hydrogens (tertiary/aromatic N) is 5. The Kier molecular flexibility index (Phi) is 7.11. The Labute approximate surface area is 179 Å². The average molecular weight is 459 g/mol. The quantitative estimate of drug-likeness (QED) is 0.508. The van der Waals surface area contributed by atoms with Gasteiger partial charge in [0, 0.05) is 11.6 Å². The molecular weight excluding hydrogens is 443 g/mol. The predicted octanol–water partition coefficient (Wildman–Crippen LogP) is 4.07. The molecule has 0 saturated carbocycles. The van der Waals surface area contributed by atoms with Crippen LogP contribution in [0.5, 0.6) is 5.75 Å². The summed E-state index contributed by atoms with van der Waals surface area (Å²) in [6, 6.07) is 5.02. The highest BCUT2D eigenvalue weighted by Gasteiger charge is 2.15. The van der Waals surface area contributed by atoms with Crippen molar-refractivity contribution in [3.05, 3.63) is 39.1 Å². The molecule has 1 amide bonds. The lowest BCUT2D eigenvalue weighted by molar-refractivity contribution is -0.113. The molecule has 12 heteroatoms. The van der Waals surface area contributed by atoms with Gasteiger partial charge in [0.15, 0.2) is 11.0 Å². The Morgan fingerprint density at radius 3 is 2.79 bits per heavy atom. The van der Waals surface area contributed by atoms with E-state index in [0.29, 0.717) is 38.5 Å². The molecule has 1 N–H and O–H groups in total. The third-order valence-electron chi connectivity index (χ3n) is 3.47. The van der Waals surface area contributed by atoms with Gasteiger partial charge in [0.2, 0.25) is 11.0 Å². The van der Waals surface area contributed by atoms with Gasteiger partial charge >= 0.3 is 0 Å². The van der Waals surface area contributed by atoms with Crippen LogP contribution in [0.15, 0.2) is 23.4 Å². The maximum atomic E-state index is 12.1. The molecule has 148 valence electrons. The van der Waals surface area contributed by atoms with Crippen LogP contribution in [0.2, 0.25) is 10.0 Å². The van der Waals surface area contributed by atoms with Crippen LogP contribution < -0.4 is 10.1 Å². The highest BCUT2D eigenvalue weighted by atomic mass is 35.5. The summed E-state index contributed by atoms with van der Waals surface area (Å²) in [6.45, 7) is 4.63. The molecule has 0 unspecified atom stereocenters. The third kappa shape index (κ3) is 5.34. The number of aryl methyl sites for hydroxylation is 1. The Bertz CT molecular complexity index is 978. The van der Waals surface area contributed by atoms with Crippen LogP contribution in [0.4, 0.5) is 5.13 Å². The number of halogens is 2. The first-order chi connectivity index (χ1) is 13.5. The van der Waals surface area contributed by atoms with E-state index in [1.54, 1.807) is 18.2 Å². The molecule has 1 aromatic carbocycles. The predicted molar refractivity (Wildman–Crippen MR) is 110 cm³/mol. The zero-order valence-corrected chi connectivity index (χ0v) is 18.1. The minimum Gasteiger partial charge on any atom is -0.484 e. The second-order valence-electron chi connectivity index (χ2n) is 5.47. The van der Waals surface area contributed by atoms with Crippen molar-refractivity contribution in [3.63, 3.8) is 0 Å². The summed E-state index contributed by atoms with van der Waals surface area (Å²) in [7, 11) is 0. The van der Waals surface area contributed by atoms with Gasteiger partial charge in [-0.1, -0.05) is 46.3 Å². The summed E-state index contributed by atoms with van der Waals surface area (Å²) < 4.78 is 7.61. The minimum atomic E-state index is -0.183. The number of hydrogen-bond acceptors (Lipinski definition) is 8. The van der Waals surface area contributed by atoms with Crippen molar-refractivity contribution >= 4 is 57.3 Å². The molecule has 0 atom stereocenters. The van der Waals surface area contributed by atoms with Crippen LogP contribution in [0.25, 0.3) is 0 Å². The topological polar surface area (TPSA) is 94.8 Å². The summed E-state index contributed by atoms with van der Waals surface area (Å²) in [4.78, 5) is 12.1. The number of anilines is 1. The Hall–Kier alpha value is -1.88. The Morgan fingerprint density at radius 2 is 2.11 bits per heavy atom. The molecule has 3 aromatic rings. The van der Waals surface area contributed by atoms with E-state index in [9.17, 15) is 4.79 Å². The molecule has 0 bridgehead atoms. The first-order valence-corrected chi connectivity index (χ1v) is 10.7. The molecule has 0 spiro atoms. The lowest BCUT2D eigenvalue weighted by Gasteiger charge is -2.10. The normalized spacial score (nSPS) is 10.9. The molecule has 0 aliphatic heterocycles. The molecule has 3 rings (SSSR count). The van der Waals surface area contributed by atoms with Crippen molar-refractivity contribution in [1.29, 1.82) is 0 Å². The number of carbonyl (C=O) groups is 1. The molecular formula is C16H16Cl2N6O2S2. The Morgan fingerprint density at radius 1 is 1.29 bits per heavy atom. The van der Waals surface area contributed by atoms with Crippen LogP contribution in [-0.2, 0) is 17.9 Å². The second kappa shape index (κ2) is 9.55. The van der Waals surface area contributed by atoms with Gasteiger partial charge in [-0.3, -0.25) is 10.1 Å². The average Bonchev–Trinajstić information content (AvgIpc) is 3.24. The monoisotopic (exact) mass is 458 g/mol. The van der Waals surface area contributed by atoms with Gasteiger partial charge in [-0.05, 0) is 32.0 Å². The lowest BCUT2D eigenvalue weighted by Crippen LogP contribution is -2.14. The number of hydrogen-bond donors (Lipinski definition) is 1. The van der Waals surface area contributed by atoms with Crippen molar-refractivity contribution in [2.24, 2.45) is 0 Å². The zero-order valence-electron chi connectivity index (χ0n) is 15.0. The van der Waals surface area contributed by atoms with Crippen molar-refractivity contribution in [3.8, 4) is 5.75 Å². The summed E-state index contributed by atoms with van der Waals surface area (Å²) in [5, 5.41) is 21.6. The number of nitrogens with one attached hydrogen (secondary N) is 1.